The van der Waals surface area contributed by atoms with Crippen molar-refractivity contribution in [2.45, 2.75) is 25.7 Å². The van der Waals surface area contributed by atoms with E-state index in [1.165, 1.54) is 4.90 Å². The molecule has 0 saturated carbocycles. The smallest absolute Gasteiger partial charge is 0.303 e. The number of amides is 2. The molecule has 1 aromatic rings. The number of carbonyl (C=O) groups is 3. The summed E-state index contributed by atoms with van der Waals surface area (Å²) in [6.45, 7) is -0.0394. The average molecular weight is 322 g/mol. The summed E-state index contributed by atoms with van der Waals surface area (Å²) >= 11 is 0. The van der Waals surface area contributed by atoms with Gasteiger partial charge in [0.15, 0.2) is 6.61 Å². The molecule has 7 heteroatoms. The minimum Gasteiger partial charge on any atom is -0.484 e. The summed E-state index contributed by atoms with van der Waals surface area (Å²) in [6, 6.07) is 6.71. The molecule has 2 amide bonds. The Balaban J connectivity index is 2.34. The van der Waals surface area contributed by atoms with Crippen molar-refractivity contribution in [1.82, 2.24) is 4.90 Å². The van der Waals surface area contributed by atoms with Gasteiger partial charge in [0.2, 0.25) is 5.91 Å². The fraction of sp³-hybridized carbons (Fsp3) is 0.438. The number of carboxylic acid groups (broad SMARTS) is 1. The highest BCUT2D eigenvalue weighted by atomic mass is 16.5. The SMILES string of the molecule is CN(C)C(=O)COc1ccc(NC(=O)CCCCC(=O)O)cc1. The number of unbranched alkanes of at least 4 members (excludes halogenated alkanes) is 1. The van der Waals surface area contributed by atoms with E-state index < -0.39 is 5.97 Å². The zero-order chi connectivity index (χ0) is 17.2. The van der Waals surface area contributed by atoms with E-state index in [1.807, 2.05) is 0 Å². The fourth-order valence-corrected chi connectivity index (χ4v) is 1.69. The number of likely N-dealkylation sites (N-methyl/N-ethyl adjacent to an activating group) is 1. The number of nitrogens with zero attached hydrogens (tertiary/aromatic N) is 1. The number of ether oxygens (including phenoxy) is 1. The molecule has 126 valence electrons. The molecule has 1 aromatic carbocycles. The number of nitrogens with one attached hydrogen (secondary N) is 1. The minimum absolute atomic E-state index is 0.0394. The van der Waals surface area contributed by atoms with Crippen LogP contribution in [0, 0.1) is 0 Å². The zero-order valence-electron chi connectivity index (χ0n) is 13.4. The molecule has 0 unspecified atom stereocenters. The van der Waals surface area contributed by atoms with Crippen molar-refractivity contribution in [2.24, 2.45) is 0 Å². The molecule has 0 aliphatic rings. The van der Waals surface area contributed by atoms with E-state index in [1.54, 1.807) is 38.4 Å². The summed E-state index contributed by atoms with van der Waals surface area (Å²) in [5.74, 6) is -0.607. The lowest BCUT2D eigenvalue weighted by molar-refractivity contribution is -0.137. The first-order valence-electron chi connectivity index (χ1n) is 7.33. The third-order valence-corrected chi connectivity index (χ3v) is 3.04. The van der Waals surface area contributed by atoms with Gasteiger partial charge in [0, 0.05) is 32.6 Å². The number of hydrogen-bond acceptors (Lipinski definition) is 4. The minimum atomic E-state index is -0.853. The lowest BCUT2D eigenvalue weighted by Gasteiger charge is -2.11. The summed E-state index contributed by atoms with van der Waals surface area (Å²) in [4.78, 5) is 34.9. The summed E-state index contributed by atoms with van der Waals surface area (Å²) in [7, 11) is 3.31. The molecule has 0 spiro atoms. The molecule has 0 aliphatic carbocycles. The lowest BCUT2D eigenvalue weighted by Crippen LogP contribution is -2.27. The van der Waals surface area contributed by atoms with Crippen LogP contribution >= 0.6 is 0 Å². The van der Waals surface area contributed by atoms with Crippen LogP contribution in [0.15, 0.2) is 24.3 Å². The van der Waals surface area contributed by atoms with Crippen molar-refractivity contribution in [2.75, 3.05) is 26.0 Å². The normalized spacial score (nSPS) is 10.0. The van der Waals surface area contributed by atoms with E-state index in [-0.39, 0.29) is 31.3 Å². The average Bonchev–Trinajstić information content (AvgIpc) is 2.50. The number of aliphatic carboxylic acids is 1. The van der Waals surface area contributed by atoms with Crippen molar-refractivity contribution in [3.63, 3.8) is 0 Å². The number of carbonyl (C=O) groups excluding carboxylic acids is 2. The number of benzene rings is 1. The Bertz CT molecular complexity index is 540. The highest BCUT2D eigenvalue weighted by Crippen LogP contribution is 2.16. The highest BCUT2D eigenvalue weighted by Gasteiger charge is 2.06. The van der Waals surface area contributed by atoms with Crippen LogP contribution in [0.3, 0.4) is 0 Å². The maximum atomic E-state index is 11.7. The van der Waals surface area contributed by atoms with Crippen molar-refractivity contribution >= 4 is 23.5 Å². The highest BCUT2D eigenvalue weighted by molar-refractivity contribution is 5.90. The molecule has 0 fully saturated rings. The topological polar surface area (TPSA) is 95.9 Å². The van der Waals surface area contributed by atoms with Crippen molar-refractivity contribution in [3.8, 4) is 5.75 Å². The zero-order valence-corrected chi connectivity index (χ0v) is 13.4. The molecule has 1 rings (SSSR count). The van der Waals surface area contributed by atoms with Crippen LogP contribution < -0.4 is 10.1 Å². The van der Waals surface area contributed by atoms with Crippen LogP contribution in [0.5, 0.6) is 5.75 Å². The summed E-state index contributed by atoms with van der Waals surface area (Å²) in [6.07, 6.45) is 1.37. The van der Waals surface area contributed by atoms with Gasteiger partial charge in [-0.15, -0.1) is 0 Å². The Morgan fingerprint density at radius 1 is 1.09 bits per heavy atom. The summed E-state index contributed by atoms with van der Waals surface area (Å²) in [5.41, 5.74) is 0.625. The molecule has 2 N–H and O–H groups in total. The first kappa shape index (κ1) is 18.5. The second-order valence-corrected chi connectivity index (χ2v) is 5.25. The van der Waals surface area contributed by atoms with Gasteiger partial charge in [-0.3, -0.25) is 14.4 Å². The van der Waals surface area contributed by atoms with Gasteiger partial charge >= 0.3 is 5.97 Å². The molecule has 0 bridgehead atoms. The molecule has 0 atom stereocenters. The van der Waals surface area contributed by atoms with Gasteiger partial charge in [-0.1, -0.05) is 0 Å². The summed E-state index contributed by atoms with van der Waals surface area (Å²) < 4.78 is 5.33. The van der Waals surface area contributed by atoms with Crippen LogP contribution in [0.2, 0.25) is 0 Å². The Hall–Kier alpha value is -2.57. The molecule has 7 nitrogen and oxygen atoms in total. The maximum Gasteiger partial charge on any atom is 0.303 e. The first-order chi connectivity index (χ1) is 10.9. The predicted molar refractivity (Wildman–Crippen MR) is 85.4 cm³/mol. The quantitative estimate of drug-likeness (QED) is 0.675. The van der Waals surface area contributed by atoms with Crippen molar-refractivity contribution < 1.29 is 24.2 Å². The van der Waals surface area contributed by atoms with E-state index in [0.29, 0.717) is 24.3 Å². The Morgan fingerprint density at radius 3 is 2.26 bits per heavy atom. The molecular weight excluding hydrogens is 300 g/mol. The van der Waals surface area contributed by atoms with Gasteiger partial charge in [0.25, 0.3) is 5.91 Å². The fourth-order valence-electron chi connectivity index (χ4n) is 1.69. The number of hydrogen-bond donors (Lipinski definition) is 2. The van der Waals surface area contributed by atoms with Gasteiger partial charge in [0.05, 0.1) is 0 Å². The van der Waals surface area contributed by atoms with Crippen LogP contribution in [0.1, 0.15) is 25.7 Å². The van der Waals surface area contributed by atoms with E-state index in [0.717, 1.165) is 0 Å². The van der Waals surface area contributed by atoms with Crippen LogP contribution in [0.4, 0.5) is 5.69 Å². The number of anilines is 1. The van der Waals surface area contributed by atoms with Crippen molar-refractivity contribution in [3.05, 3.63) is 24.3 Å². The standard InChI is InChI=1S/C16H22N2O5/c1-18(2)15(20)11-23-13-9-7-12(8-10-13)17-14(19)5-3-4-6-16(21)22/h7-10H,3-6,11H2,1-2H3,(H,17,19)(H,21,22). The molecule has 0 aliphatic heterocycles. The monoisotopic (exact) mass is 322 g/mol. The molecule has 0 heterocycles. The number of carboxylic acids is 1. The molecular formula is C16H22N2O5. The number of rotatable bonds is 9. The van der Waals surface area contributed by atoms with E-state index >= 15 is 0 Å². The maximum absolute atomic E-state index is 11.7. The first-order valence-corrected chi connectivity index (χ1v) is 7.33. The largest absolute Gasteiger partial charge is 0.484 e. The van der Waals surface area contributed by atoms with Crippen molar-refractivity contribution in [1.29, 1.82) is 0 Å². The van der Waals surface area contributed by atoms with Crippen LogP contribution in [0.25, 0.3) is 0 Å². The second-order valence-electron chi connectivity index (χ2n) is 5.25. The van der Waals surface area contributed by atoms with Gasteiger partial charge in [-0.2, -0.15) is 0 Å². The van der Waals surface area contributed by atoms with E-state index in [2.05, 4.69) is 5.32 Å². The van der Waals surface area contributed by atoms with Gasteiger partial charge in [-0.25, -0.2) is 0 Å². The molecule has 0 radical (unpaired) electrons. The third kappa shape index (κ3) is 7.85. The van der Waals surface area contributed by atoms with Gasteiger partial charge in [-0.05, 0) is 37.1 Å². The molecule has 0 saturated heterocycles. The second kappa shape index (κ2) is 9.45. The lowest BCUT2D eigenvalue weighted by atomic mass is 10.2. The molecule has 0 aromatic heterocycles. The van der Waals surface area contributed by atoms with E-state index in [9.17, 15) is 14.4 Å². The van der Waals surface area contributed by atoms with Gasteiger partial charge in [0.1, 0.15) is 5.75 Å². The predicted octanol–water partition coefficient (Wildman–Crippen LogP) is 1.74. The summed E-state index contributed by atoms with van der Waals surface area (Å²) in [5, 5.41) is 11.2. The Kier molecular flexibility index (Phi) is 7.59. The van der Waals surface area contributed by atoms with Crippen LogP contribution in [-0.2, 0) is 14.4 Å². The molecule has 23 heavy (non-hydrogen) atoms. The van der Waals surface area contributed by atoms with Crippen LogP contribution in [-0.4, -0.2) is 48.5 Å². The Labute approximate surface area is 135 Å². The third-order valence-electron chi connectivity index (χ3n) is 3.04. The van der Waals surface area contributed by atoms with Gasteiger partial charge < -0.3 is 20.1 Å². The van der Waals surface area contributed by atoms with E-state index in [4.69, 9.17) is 9.84 Å². The Morgan fingerprint density at radius 2 is 1.70 bits per heavy atom.